The summed E-state index contributed by atoms with van der Waals surface area (Å²) < 4.78 is 2.34. The van der Waals surface area contributed by atoms with Crippen LogP contribution in [0.5, 0.6) is 0 Å². The van der Waals surface area contributed by atoms with E-state index >= 15 is 0 Å². The Morgan fingerprint density at radius 3 is 2.05 bits per heavy atom. The fraction of sp³-hybridized carbons (Fsp3) is 0. The van der Waals surface area contributed by atoms with Crippen molar-refractivity contribution < 1.29 is 0 Å². The SMILES string of the molecule is c1ccc(-c2cccc(-n3c4cc(-c5ccccn5)cc5c4c4c6c(cccc6ccc43)-c3ccccc3-5)n2)cc1. The zero-order valence-electron chi connectivity index (χ0n) is 22.1. The van der Waals surface area contributed by atoms with Gasteiger partial charge in [-0.15, -0.1) is 0 Å². The molecule has 41 heavy (non-hydrogen) atoms. The van der Waals surface area contributed by atoms with E-state index in [0.29, 0.717) is 0 Å². The van der Waals surface area contributed by atoms with Gasteiger partial charge in [0.15, 0.2) is 0 Å². The molecule has 0 fully saturated rings. The zero-order chi connectivity index (χ0) is 26.9. The monoisotopic (exact) mass is 521 g/mol. The van der Waals surface area contributed by atoms with E-state index in [1.54, 1.807) is 0 Å². The van der Waals surface area contributed by atoms with Gasteiger partial charge < -0.3 is 0 Å². The summed E-state index contributed by atoms with van der Waals surface area (Å²) in [5.41, 5.74) is 11.4. The number of rotatable bonds is 3. The third-order valence-electron chi connectivity index (χ3n) is 8.37. The van der Waals surface area contributed by atoms with E-state index < -0.39 is 0 Å². The predicted octanol–water partition coefficient (Wildman–Crippen LogP) is 9.71. The van der Waals surface area contributed by atoms with Crippen molar-refractivity contribution in [3.63, 3.8) is 0 Å². The maximum absolute atomic E-state index is 5.23. The van der Waals surface area contributed by atoms with Crippen molar-refractivity contribution in [2.75, 3.05) is 0 Å². The summed E-state index contributed by atoms with van der Waals surface area (Å²) >= 11 is 0. The van der Waals surface area contributed by atoms with Crippen molar-refractivity contribution in [3.8, 4) is 50.6 Å². The minimum absolute atomic E-state index is 0.904. The molecule has 8 aromatic rings. The van der Waals surface area contributed by atoms with Crippen molar-refractivity contribution in [2.24, 2.45) is 0 Å². The van der Waals surface area contributed by atoms with Crippen LogP contribution in [0.4, 0.5) is 0 Å². The highest BCUT2D eigenvalue weighted by Crippen LogP contribution is 2.50. The molecule has 190 valence electrons. The van der Waals surface area contributed by atoms with Gasteiger partial charge in [-0.1, -0.05) is 91.0 Å². The minimum atomic E-state index is 0.904. The summed E-state index contributed by atoms with van der Waals surface area (Å²) in [6.07, 6.45) is 1.87. The van der Waals surface area contributed by atoms with Crippen LogP contribution in [0.2, 0.25) is 0 Å². The lowest BCUT2D eigenvalue weighted by atomic mass is 9.92. The van der Waals surface area contributed by atoms with Crippen molar-refractivity contribution in [3.05, 3.63) is 140 Å². The molecule has 0 bridgehead atoms. The third-order valence-corrected chi connectivity index (χ3v) is 8.37. The first-order valence-corrected chi connectivity index (χ1v) is 13.9. The summed E-state index contributed by atoms with van der Waals surface area (Å²) in [6, 6.07) is 47.4. The molecule has 0 amide bonds. The molecule has 5 aromatic carbocycles. The number of benzene rings is 5. The van der Waals surface area contributed by atoms with E-state index in [2.05, 4.69) is 126 Å². The average Bonchev–Trinajstić information content (AvgIpc) is 3.33. The van der Waals surface area contributed by atoms with Crippen LogP contribution in [0.25, 0.3) is 83.2 Å². The highest BCUT2D eigenvalue weighted by molar-refractivity contribution is 6.30. The number of pyridine rings is 2. The van der Waals surface area contributed by atoms with E-state index in [4.69, 9.17) is 9.97 Å². The Kier molecular flexibility index (Phi) is 4.61. The molecule has 0 radical (unpaired) electrons. The van der Waals surface area contributed by atoms with Crippen LogP contribution in [0, 0.1) is 0 Å². The molecular weight excluding hydrogens is 498 g/mol. The highest BCUT2D eigenvalue weighted by Gasteiger charge is 2.26. The Labute approximate surface area is 237 Å². The summed E-state index contributed by atoms with van der Waals surface area (Å²) in [5, 5.41) is 5.08. The van der Waals surface area contributed by atoms with Crippen LogP contribution in [0.1, 0.15) is 0 Å². The Bertz CT molecular complexity index is 2300. The Morgan fingerprint density at radius 1 is 0.439 bits per heavy atom. The lowest BCUT2D eigenvalue weighted by Crippen LogP contribution is -1.99. The Hall–Kier alpha value is -5.54. The first kappa shape index (κ1) is 22.3. The van der Waals surface area contributed by atoms with Crippen LogP contribution in [0.3, 0.4) is 0 Å². The van der Waals surface area contributed by atoms with Gasteiger partial charge in [-0.2, -0.15) is 0 Å². The lowest BCUT2D eigenvalue weighted by Gasteiger charge is -2.15. The van der Waals surface area contributed by atoms with Crippen LogP contribution in [-0.4, -0.2) is 14.5 Å². The first-order chi connectivity index (χ1) is 20.3. The van der Waals surface area contributed by atoms with Crippen molar-refractivity contribution in [1.82, 2.24) is 14.5 Å². The minimum Gasteiger partial charge on any atom is -0.294 e. The Morgan fingerprint density at radius 2 is 1.20 bits per heavy atom. The smallest absolute Gasteiger partial charge is 0.138 e. The summed E-state index contributed by atoms with van der Waals surface area (Å²) in [5.74, 6) is 0.904. The van der Waals surface area contributed by atoms with Gasteiger partial charge >= 0.3 is 0 Å². The molecule has 0 aliphatic heterocycles. The average molecular weight is 522 g/mol. The van der Waals surface area contributed by atoms with E-state index in [1.807, 2.05) is 18.3 Å². The van der Waals surface area contributed by atoms with Crippen LogP contribution in [-0.2, 0) is 0 Å². The highest BCUT2D eigenvalue weighted by atomic mass is 15.1. The van der Waals surface area contributed by atoms with E-state index in [1.165, 1.54) is 43.8 Å². The molecule has 9 rings (SSSR count). The van der Waals surface area contributed by atoms with Crippen molar-refractivity contribution >= 4 is 32.6 Å². The van der Waals surface area contributed by atoms with Gasteiger partial charge in [0.1, 0.15) is 5.82 Å². The second-order valence-electron chi connectivity index (χ2n) is 10.6. The van der Waals surface area contributed by atoms with Gasteiger partial charge in [-0.25, -0.2) is 4.98 Å². The molecule has 3 heterocycles. The molecule has 1 aliphatic rings. The first-order valence-electron chi connectivity index (χ1n) is 13.9. The van der Waals surface area contributed by atoms with Gasteiger partial charge in [-0.05, 0) is 75.5 Å². The van der Waals surface area contributed by atoms with Gasteiger partial charge in [0.05, 0.1) is 22.4 Å². The maximum atomic E-state index is 5.23. The Balaban J connectivity index is 1.48. The summed E-state index contributed by atoms with van der Waals surface area (Å²) in [4.78, 5) is 9.98. The van der Waals surface area contributed by atoms with Gasteiger partial charge in [0.2, 0.25) is 0 Å². The van der Waals surface area contributed by atoms with Gasteiger partial charge in [0, 0.05) is 28.1 Å². The molecule has 0 spiro atoms. The molecule has 1 aliphatic carbocycles. The summed E-state index contributed by atoms with van der Waals surface area (Å²) in [7, 11) is 0. The van der Waals surface area contributed by atoms with Crippen molar-refractivity contribution in [1.29, 1.82) is 0 Å². The second-order valence-corrected chi connectivity index (χ2v) is 10.6. The molecule has 3 heteroatoms. The van der Waals surface area contributed by atoms with Gasteiger partial charge in [-0.3, -0.25) is 9.55 Å². The lowest BCUT2D eigenvalue weighted by molar-refractivity contribution is 1.08. The van der Waals surface area contributed by atoms with E-state index in [-0.39, 0.29) is 0 Å². The van der Waals surface area contributed by atoms with Gasteiger partial charge in [0.25, 0.3) is 0 Å². The molecular formula is C38H23N3. The van der Waals surface area contributed by atoms with E-state index in [0.717, 1.165) is 39.4 Å². The molecule has 0 atom stereocenters. The molecule has 3 aromatic heterocycles. The number of nitrogens with zero attached hydrogens (tertiary/aromatic N) is 3. The van der Waals surface area contributed by atoms with Crippen LogP contribution >= 0.6 is 0 Å². The number of hydrogen-bond donors (Lipinski definition) is 0. The number of hydrogen-bond acceptors (Lipinski definition) is 2. The topological polar surface area (TPSA) is 30.7 Å². The van der Waals surface area contributed by atoms with E-state index in [9.17, 15) is 0 Å². The standard InChI is InChI=1S/C38H23N3/c1-2-10-24(11-3-1)32-17-9-18-35(40-32)41-33-20-19-25-12-8-15-29-27-13-4-5-14-28(27)30-22-26(31-16-6-7-21-39-31)23-34(41)37(30)38(33)36(25)29/h1-23H. The quantitative estimate of drug-likeness (QED) is 0.232. The second kappa shape index (κ2) is 8.48. The maximum Gasteiger partial charge on any atom is 0.138 e. The molecule has 3 nitrogen and oxygen atoms in total. The fourth-order valence-corrected chi connectivity index (χ4v) is 6.64. The largest absolute Gasteiger partial charge is 0.294 e. The number of fused-ring (bicyclic) bond motifs is 3. The zero-order valence-corrected chi connectivity index (χ0v) is 22.1. The molecule has 0 saturated heterocycles. The van der Waals surface area contributed by atoms with Crippen LogP contribution < -0.4 is 0 Å². The normalized spacial score (nSPS) is 11.9. The molecule has 0 unspecified atom stereocenters. The molecule has 0 saturated carbocycles. The predicted molar refractivity (Wildman–Crippen MR) is 169 cm³/mol. The number of aromatic nitrogens is 3. The van der Waals surface area contributed by atoms with Crippen LogP contribution in [0.15, 0.2) is 140 Å². The van der Waals surface area contributed by atoms with Crippen molar-refractivity contribution in [2.45, 2.75) is 0 Å². The third kappa shape index (κ3) is 3.20. The fourth-order valence-electron chi connectivity index (χ4n) is 6.64. The summed E-state index contributed by atoms with van der Waals surface area (Å²) in [6.45, 7) is 0. The molecule has 0 N–H and O–H groups in total.